The van der Waals surface area contributed by atoms with E-state index in [1.807, 2.05) is 32.0 Å². The molecule has 1 saturated heterocycles. The van der Waals surface area contributed by atoms with Gasteiger partial charge >= 0.3 is 0 Å². The summed E-state index contributed by atoms with van der Waals surface area (Å²) in [5, 5.41) is 0. The number of hydrogen-bond donors (Lipinski definition) is 1. The Hall–Kier alpha value is -1.42. The first kappa shape index (κ1) is 12.0. The van der Waals surface area contributed by atoms with Gasteiger partial charge in [0.2, 0.25) is 0 Å². The van der Waals surface area contributed by atoms with E-state index in [1.54, 1.807) is 0 Å². The van der Waals surface area contributed by atoms with Crippen molar-refractivity contribution in [3.05, 3.63) is 18.2 Å². The third kappa shape index (κ3) is 3.03. The maximum atomic E-state index is 5.82. The highest BCUT2D eigenvalue weighted by Gasteiger charge is 2.16. The van der Waals surface area contributed by atoms with Crippen molar-refractivity contribution >= 4 is 11.4 Å². The smallest absolute Gasteiger partial charge is 0.145 e. The Labute approximate surface area is 102 Å². The van der Waals surface area contributed by atoms with E-state index in [9.17, 15) is 0 Å². The van der Waals surface area contributed by atoms with Gasteiger partial charge in [0.05, 0.1) is 25.0 Å². The van der Waals surface area contributed by atoms with Gasteiger partial charge in [0.1, 0.15) is 5.75 Å². The van der Waals surface area contributed by atoms with E-state index in [1.165, 1.54) is 0 Å². The van der Waals surface area contributed by atoms with Crippen molar-refractivity contribution in [1.82, 2.24) is 0 Å². The van der Waals surface area contributed by atoms with Gasteiger partial charge in [0, 0.05) is 24.8 Å². The SMILES string of the molecule is CC(C)Oc1cc(N)ccc1N1CCOCC1. The summed E-state index contributed by atoms with van der Waals surface area (Å²) in [6.07, 6.45) is 0.150. The van der Waals surface area contributed by atoms with Crippen LogP contribution < -0.4 is 15.4 Å². The van der Waals surface area contributed by atoms with Crippen molar-refractivity contribution in [2.75, 3.05) is 36.9 Å². The van der Waals surface area contributed by atoms with Crippen LogP contribution in [-0.2, 0) is 4.74 Å². The number of hydrogen-bond acceptors (Lipinski definition) is 4. The van der Waals surface area contributed by atoms with E-state index in [-0.39, 0.29) is 6.10 Å². The third-order valence-electron chi connectivity index (χ3n) is 2.70. The second-order valence-electron chi connectivity index (χ2n) is 4.49. The zero-order chi connectivity index (χ0) is 12.3. The summed E-state index contributed by atoms with van der Waals surface area (Å²) >= 11 is 0. The standard InChI is InChI=1S/C13H20N2O2/c1-10(2)17-13-9-11(14)3-4-12(13)15-5-7-16-8-6-15/h3-4,9-10H,5-8,14H2,1-2H3. The fourth-order valence-corrected chi connectivity index (χ4v) is 1.94. The predicted molar refractivity (Wildman–Crippen MR) is 69.7 cm³/mol. The molecule has 0 spiro atoms. The number of ether oxygens (including phenoxy) is 2. The van der Waals surface area contributed by atoms with Crippen LogP contribution in [-0.4, -0.2) is 32.4 Å². The summed E-state index contributed by atoms with van der Waals surface area (Å²) in [6.45, 7) is 7.38. The molecule has 94 valence electrons. The van der Waals surface area contributed by atoms with Gasteiger partial charge in [-0.25, -0.2) is 0 Å². The molecule has 4 heteroatoms. The maximum absolute atomic E-state index is 5.82. The first-order valence-corrected chi connectivity index (χ1v) is 6.05. The second-order valence-corrected chi connectivity index (χ2v) is 4.49. The molecule has 2 rings (SSSR count). The lowest BCUT2D eigenvalue weighted by Crippen LogP contribution is -2.36. The summed E-state index contributed by atoms with van der Waals surface area (Å²) in [7, 11) is 0. The number of morpholine rings is 1. The average molecular weight is 236 g/mol. The van der Waals surface area contributed by atoms with Crippen LogP contribution >= 0.6 is 0 Å². The van der Waals surface area contributed by atoms with Crippen LogP contribution in [0, 0.1) is 0 Å². The summed E-state index contributed by atoms with van der Waals surface area (Å²) in [5.74, 6) is 0.863. The fraction of sp³-hybridized carbons (Fsp3) is 0.538. The van der Waals surface area contributed by atoms with Crippen LogP contribution in [0.5, 0.6) is 5.75 Å². The number of rotatable bonds is 3. The van der Waals surface area contributed by atoms with E-state index in [2.05, 4.69) is 4.90 Å². The van der Waals surface area contributed by atoms with Crippen LogP contribution in [0.1, 0.15) is 13.8 Å². The Morgan fingerprint density at radius 3 is 2.65 bits per heavy atom. The van der Waals surface area contributed by atoms with E-state index in [0.717, 1.165) is 43.4 Å². The summed E-state index contributed by atoms with van der Waals surface area (Å²) < 4.78 is 11.2. The van der Waals surface area contributed by atoms with Crippen LogP contribution in [0.15, 0.2) is 18.2 Å². The summed E-state index contributed by atoms with van der Waals surface area (Å²) in [5.41, 5.74) is 7.65. The minimum absolute atomic E-state index is 0.150. The topological polar surface area (TPSA) is 47.7 Å². The number of nitrogen functional groups attached to an aromatic ring is 1. The second kappa shape index (κ2) is 5.27. The van der Waals surface area contributed by atoms with E-state index in [0.29, 0.717) is 0 Å². The van der Waals surface area contributed by atoms with Gasteiger partial charge in [-0.2, -0.15) is 0 Å². The number of anilines is 2. The molecule has 17 heavy (non-hydrogen) atoms. The fourth-order valence-electron chi connectivity index (χ4n) is 1.94. The molecular formula is C13H20N2O2. The molecule has 1 aliphatic rings. The van der Waals surface area contributed by atoms with Crippen molar-refractivity contribution < 1.29 is 9.47 Å². The lowest BCUT2D eigenvalue weighted by atomic mass is 10.2. The summed E-state index contributed by atoms with van der Waals surface area (Å²) in [6, 6.07) is 5.83. The highest BCUT2D eigenvalue weighted by atomic mass is 16.5. The Morgan fingerprint density at radius 2 is 2.00 bits per heavy atom. The largest absolute Gasteiger partial charge is 0.489 e. The van der Waals surface area contributed by atoms with E-state index >= 15 is 0 Å². The van der Waals surface area contributed by atoms with Crippen LogP contribution in [0.2, 0.25) is 0 Å². The van der Waals surface area contributed by atoms with Crippen molar-refractivity contribution in [2.45, 2.75) is 20.0 Å². The molecule has 1 aliphatic heterocycles. The first-order chi connectivity index (χ1) is 8.16. The summed E-state index contributed by atoms with van der Waals surface area (Å²) in [4.78, 5) is 2.28. The highest BCUT2D eigenvalue weighted by molar-refractivity contribution is 5.64. The van der Waals surface area contributed by atoms with Crippen LogP contribution in [0.4, 0.5) is 11.4 Å². The van der Waals surface area contributed by atoms with Gasteiger partial charge in [-0.1, -0.05) is 0 Å². The monoisotopic (exact) mass is 236 g/mol. The molecule has 0 unspecified atom stereocenters. The van der Waals surface area contributed by atoms with Crippen molar-refractivity contribution in [3.8, 4) is 5.75 Å². The minimum Gasteiger partial charge on any atom is -0.489 e. The van der Waals surface area contributed by atoms with Crippen LogP contribution in [0.3, 0.4) is 0 Å². The van der Waals surface area contributed by atoms with Gasteiger partial charge in [-0.15, -0.1) is 0 Å². The quantitative estimate of drug-likeness (QED) is 0.814. The lowest BCUT2D eigenvalue weighted by Gasteiger charge is -2.30. The molecule has 1 aromatic carbocycles. The molecular weight excluding hydrogens is 216 g/mol. The minimum atomic E-state index is 0.150. The molecule has 1 heterocycles. The van der Waals surface area contributed by atoms with E-state index < -0.39 is 0 Å². The Balaban J connectivity index is 2.24. The van der Waals surface area contributed by atoms with E-state index in [4.69, 9.17) is 15.2 Å². The molecule has 0 atom stereocenters. The van der Waals surface area contributed by atoms with Crippen molar-refractivity contribution in [1.29, 1.82) is 0 Å². The van der Waals surface area contributed by atoms with Gasteiger partial charge in [0.15, 0.2) is 0 Å². The molecule has 2 N–H and O–H groups in total. The van der Waals surface area contributed by atoms with Crippen molar-refractivity contribution in [2.24, 2.45) is 0 Å². The molecule has 0 aromatic heterocycles. The van der Waals surface area contributed by atoms with Crippen molar-refractivity contribution in [3.63, 3.8) is 0 Å². The van der Waals surface area contributed by atoms with Gasteiger partial charge in [0.25, 0.3) is 0 Å². The average Bonchev–Trinajstić information content (AvgIpc) is 2.29. The third-order valence-corrected chi connectivity index (χ3v) is 2.70. The van der Waals surface area contributed by atoms with Gasteiger partial charge < -0.3 is 20.1 Å². The highest BCUT2D eigenvalue weighted by Crippen LogP contribution is 2.31. The number of benzene rings is 1. The normalized spacial score (nSPS) is 16.3. The Bertz CT molecular complexity index is 374. The molecule has 0 amide bonds. The molecule has 0 bridgehead atoms. The molecule has 1 aromatic rings. The first-order valence-electron chi connectivity index (χ1n) is 6.05. The van der Waals surface area contributed by atoms with Gasteiger partial charge in [-0.3, -0.25) is 0 Å². The Kier molecular flexibility index (Phi) is 3.74. The van der Waals surface area contributed by atoms with Crippen LogP contribution in [0.25, 0.3) is 0 Å². The maximum Gasteiger partial charge on any atom is 0.145 e. The molecule has 0 radical (unpaired) electrons. The zero-order valence-corrected chi connectivity index (χ0v) is 10.5. The zero-order valence-electron chi connectivity index (χ0n) is 10.5. The number of nitrogens with zero attached hydrogens (tertiary/aromatic N) is 1. The van der Waals surface area contributed by atoms with Gasteiger partial charge in [-0.05, 0) is 26.0 Å². The molecule has 0 saturated carbocycles. The lowest BCUT2D eigenvalue weighted by molar-refractivity contribution is 0.122. The molecule has 0 aliphatic carbocycles. The predicted octanol–water partition coefficient (Wildman–Crippen LogP) is 1.89. The molecule has 4 nitrogen and oxygen atoms in total. The molecule has 1 fully saturated rings. The Morgan fingerprint density at radius 1 is 1.29 bits per heavy atom. The number of nitrogens with two attached hydrogens (primary N) is 1.